The molecule has 1 fully saturated rings. The second-order valence-corrected chi connectivity index (χ2v) is 3.67. The number of hydrogen-bond donors (Lipinski definition) is 1. The maximum absolute atomic E-state index is 10.8. The molecule has 0 spiro atoms. The number of rotatable bonds is 2. The van der Waals surface area contributed by atoms with E-state index >= 15 is 0 Å². The summed E-state index contributed by atoms with van der Waals surface area (Å²) in [5, 5.41) is 2.95. The van der Waals surface area contributed by atoms with Crippen molar-refractivity contribution < 1.29 is 4.79 Å². The predicted molar refractivity (Wildman–Crippen MR) is 40.6 cm³/mol. The molecule has 0 aromatic rings. The molecule has 1 atom stereocenters. The minimum Gasteiger partial charge on any atom is -0.353 e. The van der Waals surface area contributed by atoms with Crippen molar-refractivity contribution >= 4 is 5.91 Å². The standard InChI is InChI=1S/C8H15NO/c1-4-7(10)9-6-5-8(6,2)3/h6H,4-5H2,1-3H3,(H,9,10). The normalized spacial score (nSPS) is 27.7. The van der Waals surface area contributed by atoms with Crippen LogP contribution in [-0.4, -0.2) is 11.9 Å². The van der Waals surface area contributed by atoms with E-state index in [0.29, 0.717) is 17.9 Å². The zero-order valence-electron chi connectivity index (χ0n) is 6.90. The summed E-state index contributed by atoms with van der Waals surface area (Å²) < 4.78 is 0. The molecule has 2 nitrogen and oxygen atoms in total. The van der Waals surface area contributed by atoms with E-state index in [9.17, 15) is 4.79 Å². The Bertz CT molecular complexity index is 151. The van der Waals surface area contributed by atoms with Gasteiger partial charge in [0, 0.05) is 12.5 Å². The SMILES string of the molecule is CCC(=O)NC1CC1(C)C. The third-order valence-corrected chi connectivity index (χ3v) is 2.17. The smallest absolute Gasteiger partial charge is 0.219 e. The Labute approximate surface area is 62.0 Å². The number of carbonyl (C=O) groups is 1. The first-order valence-electron chi connectivity index (χ1n) is 3.85. The molecule has 2 heteroatoms. The van der Waals surface area contributed by atoms with Crippen LogP contribution in [0.2, 0.25) is 0 Å². The predicted octanol–water partition coefficient (Wildman–Crippen LogP) is 1.31. The van der Waals surface area contributed by atoms with Gasteiger partial charge in [0.2, 0.25) is 5.91 Å². The van der Waals surface area contributed by atoms with Crippen molar-refractivity contribution in [1.82, 2.24) is 5.32 Å². The van der Waals surface area contributed by atoms with Gasteiger partial charge in [-0.15, -0.1) is 0 Å². The van der Waals surface area contributed by atoms with Crippen LogP contribution >= 0.6 is 0 Å². The largest absolute Gasteiger partial charge is 0.353 e. The Morgan fingerprint density at radius 3 is 2.50 bits per heavy atom. The molecule has 1 unspecified atom stereocenters. The van der Waals surface area contributed by atoms with Gasteiger partial charge in [-0.1, -0.05) is 20.8 Å². The van der Waals surface area contributed by atoms with Gasteiger partial charge >= 0.3 is 0 Å². The minimum absolute atomic E-state index is 0.176. The summed E-state index contributed by atoms with van der Waals surface area (Å²) in [5.41, 5.74) is 0.366. The third kappa shape index (κ3) is 1.49. The van der Waals surface area contributed by atoms with Gasteiger partial charge in [0.05, 0.1) is 0 Å². The molecule has 10 heavy (non-hydrogen) atoms. The van der Waals surface area contributed by atoms with Gasteiger partial charge in [0.1, 0.15) is 0 Å². The molecule has 0 heterocycles. The van der Waals surface area contributed by atoms with E-state index in [1.54, 1.807) is 0 Å². The quantitative estimate of drug-likeness (QED) is 0.617. The minimum atomic E-state index is 0.176. The molecule has 1 saturated carbocycles. The first-order valence-corrected chi connectivity index (χ1v) is 3.85. The Balaban J connectivity index is 2.24. The van der Waals surface area contributed by atoms with Crippen LogP contribution in [0.1, 0.15) is 33.6 Å². The van der Waals surface area contributed by atoms with Gasteiger partial charge in [0.25, 0.3) is 0 Å². The van der Waals surface area contributed by atoms with Crippen molar-refractivity contribution in [2.24, 2.45) is 5.41 Å². The fourth-order valence-corrected chi connectivity index (χ4v) is 1.01. The molecule has 1 amide bonds. The molecule has 58 valence electrons. The first kappa shape index (κ1) is 7.58. The second kappa shape index (κ2) is 2.26. The topological polar surface area (TPSA) is 29.1 Å². The lowest BCUT2D eigenvalue weighted by molar-refractivity contribution is -0.121. The van der Waals surface area contributed by atoms with Crippen LogP contribution in [-0.2, 0) is 4.79 Å². The van der Waals surface area contributed by atoms with Crippen molar-refractivity contribution in [3.8, 4) is 0 Å². The van der Waals surface area contributed by atoms with Crippen LogP contribution in [0.25, 0.3) is 0 Å². The number of carbonyl (C=O) groups excluding carboxylic acids is 1. The van der Waals surface area contributed by atoms with E-state index in [1.165, 1.54) is 0 Å². The Kier molecular flexibility index (Phi) is 1.71. The molecule has 1 aliphatic carbocycles. The van der Waals surface area contributed by atoms with Gasteiger partial charge in [-0.2, -0.15) is 0 Å². The molecule has 0 bridgehead atoms. The summed E-state index contributed by atoms with van der Waals surface area (Å²) in [4.78, 5) is 10.8. The Morgan fingerprint density at radius 1 is 1.70 bits per heavy atom. The summed E-state index contributed by atoms with van der Waals surface area (Å²) in [6.07, 6.45) is 1.74. The molecule has 1 aliphatic rings. The average molecular weight is 141 g/mol. The summed E-state index contributed by atoms with van der Waals surface area (Å²) in [6, 6.07) is 0.444. The maximum atomic E-state index is 10.8. The van der Waals surface area contributed by atoms with Gasteiger partial charge in [0.15, 0.2) is 0 Å². The van der Waals surface area contributed by atoms with Crippen molar-refractivity contribution in [1.29, 1.82) is 0 Å². The van der Waals surface area contributed by atoms with E-state index in [-0.39, 0.29) is 5.91 Å². The lowest BCUT2D eigenvalue weighted by Crippen LogP contribution is -2.27. The second-order valence-electron chi connectivity index (χ2n) is 3.67. The Hall–Kier alpha value is -0.530. The molecule has 0 aromatic carbocycles. The third-order valence-electron chi connectivity index (χ3n) is 2.17. The van der Waals surface area contributed by atoms with E-state index in [4.69, 9.17) is 0 Å². The molecule has 0 aromatic heterocycles. The first-order chi connectivity index (χ1) is 4.56. The molecule has 0 aliphatic heterocycles. The number of amides is 1. The van der Waals surface area contributed by atoms with E-state index in [1.807, 2.05) is 6.92 Å². The van der Waals surface area contributed by atoms with E-state index < -0.39 is 0 Å². The lowest BCUT2D eigenvalue weighted by atomic mass is 10.2. The van der Waals surface area contributed by atoms with Crippen molar-refractivity contribution in [2.45, 2.75) is 39.7 Å². The van der Waals surface area contributed by atoms with Crippen molar-refractivity contribution in [3.63, 3.8) is 0 Å². The van der Waals surface area contributed by atoms with Crippen LogP contribution < -0.4 is 5.32 Å². The van der Waals surface area contributed by atoms with Crippen LogP contribution in [0.5, 0.6) is 0 Å². The highest BCUT2D eigenvalue weighted by Gasteiger charge is 2.46. The van der Waals surface area contributed by atoms with E-state index in [2.05, 4.69) is 19.2 Å². The summed E-state index contributed by atoms with van der Waals surface area (Å²) in [6.45, 7) is 6.23. The maximum Gasteiger partial charge on any atom is 0.219 e. The fraction of sp³-hybridized carbons (Fsp3) is 0.875. The fourth-order valence-electron chi connectivity index (χ4n) is 1.01. The molecule has 0 radical (unpaired) electrons. The van der Waals surface area contributed by atoms with Crippen LogP contribution in [0.4, 0.5) is 0 Å². The summed E-state index contributed by atoms with van der Waals surface area (Å²) >= 11 is 0. The monoisotopic (exact) mass is 141 g/mol. The zero-order chi connectivity index (χ0) is 7.78. The van der Waals surface area contributed by atoms with Gasteiger partial charge in [-0.25, -0.2) is 0 Å². The van der Waals surface area contributed by atoms with Crippen molar-refractivity contribution in [3.05, 3.63) is 0 Å². The average Bonchev–Trinajstić information content (AvgIpc) is 2.40. The lowest BCUT2D eigenvalue weighted by Gasteiger charge is -2.03. The van der Waals surface area contributed by atoms with Crippen LogP contribution in [0.15, 0.2) is 0 Å². The van der Waals surface area contributed by atoms with E-state index in [0.717, 1.165) is 6.42 Å². The zero-order valence-corrected chi connectivity index (χ0v) is 6.90. The van der Waals surface area contributed by atoms with Crippen LogP contribution in [0, 0.1) is 5.41 Å². The summed E-state index contributed by atoms with van der Waals surface area (Å²) in [7, 11) is 0. The van der Waals surface area contributed by atoms with Gasteiger partial charge < -0.3 is 5.32 Å². The highest BCUT2D eigenvalue weighted by molar-refractivity contribution is 5.76. The number of hydrogen-bond acceptors (Lipinski definition) is 1. The number of nitrogens with one attached hydrogen (secondary N) is 1. The highest BCUT2D eigenvalue weighted by Crippen LogP contribution is 2.44. The molecule has 1 rings (SSSR count). The van der Waals surface area contributed by atoms with Gasteiger partial charge in [-0.3, -0.25) is 4.79 Å². The molecule has 1 N–H and O–H groups in total. The van der Waals surface area contributed by atoms with Gasteiger partial charge in [-0.05, 0) is 11.8 Å². The van der Waals surface area contributed by atoms with Crippen LogP contribution in [0.3, 0.4) is 0 Å². The molecule has 0 saturated heterocycles. The molecular weight excluding hydrogens is 126 g/mol. The molecular formula is C8H15NO. The summed E-state index contributed by atoms with van der Waals surface area (Å²) in [5.74, 6) is 0.176. The van der Waals surface area contributed by atoms with Crippen molar-refractivity contribution in [2.75, 3.05) is 0 Å². The highest BCUT2D eigenvalue weighted by atomic mass is 16.1. The Morgan fingerprint density at radius 2 is 2.20 bits per heavy atom.